The zero-order valence-corrected chi connectivity index (χ0v) is 11.7. The predicted molar refractivity (Wildman–Crippen MR) is 73.1 cm³/mol. The topological polar surface area (TPSA) is 73.0 Å². The Labute approximate surface area is 115 Å². The molecule has 0 aromatic carbocycles. The van der Waals surface area contributed by atoms with Crippen molar-refractivity contribution in [2.75, 3.05) is 11.1 Å². The summed E-state index contributed by atoms with van der Waals surface area (Å²) in [6, 6.07) is 1.69. The van der Waals surface area contributed by atoms with E-state index < -0.39 is 0 Å². The molecule has 0 saturated heterocycles. The summed E-state index contributed by atoms with van der Waals surface area (Å²) in [5.74, 6) is 1.74. The number of imidazole rings is 1. The highest BCUT2D eigenvalue weighted by Gasteiger charge is 2.07. The molecule has 0 aliphatic heterocycles. The number of anilines is 1. The van der Waals surface area contributed by atoms with Gasteiger partial charge in [-0.05, 0) is 13.8 Å². The molecular formula is C12H16N4O2S. The van der Waals surface area contributed by atoms with Gasteiger partial charge in [0.25, 0.3) is 0 Å². The Hall–Kier alpha value is -1.76. The maximum absolute atomic E-state index is 11.7. The van der Waals surface area contributed by atoms with Crippen molar-refractivity contribution in [3.05, 3.63) is 24.2 Å². The number of hydrogen-bond donors (Lipinski definition) is 1. The maximum Gasteiger partial charge on any atom is 0.226 e. The average molecular weight is 280 g/mol. The summed E-state index contributed by atoms with van der Waals surface area (Å²) in [5, 5.41) is 7.34. The summed E-state index contributed by atoms with van der Waals surface area (Å²) in [4.78, 5) is 15.9. The van der Waals surface area contributed by atoms with Crippen LogP contribution in [-0.2, 0) is 11.3 Å². The maximum atomic E-state index is 11.7. The van der Waals surface area contributed by atoms with Crippen LogP contribution in [0.15, 0.2) is 28.1 Å². The minimum atomic E-state index is -0.0737. The van der Waals surface area contributed by atoms with E-state index in [9.17, 15) is 4.79 Å². The van der Waals surface area contributed by atoms with Crippen LogP contribution in [0.2, 0.25) is 0 Å². The first-order valence-electron chi connectivity index (χ1n) is 6.06. The number of thioether (sulfide) groups is 1. The van der Waals surface area contributed by atoms with E-state index in [-0.39, 0.29) is 5.91 Å². The van der Waals surface area contributed by atoms with Gasteiger partial charge in [0.1, 0.15) is 5.76 Å². The Kier molecular flexibility index (Phi) is 4.62. The van der Waals surface area contributed by atoms with Crippen LogP contribution < -0.4 is 5.32 Å². The Morgan fingerprint density at radius 2 is 2.42 bits per heavy atom. The Bertz CT molecular complexity index is 549. The van der Waals surface area contributed by atoms with Gasteiger partial charge in [0, 0.05) is 37.2 Å². The molecule has 102 valence electrons. The molecule has 0 unspecified atom stereocenters. The number of rotatable bonds is 6. The molecule has 7 heteroatoms. The van der Waals surface area contributed by atoms with Crippen LogP contribution in [0, 0.1) is 6.92 Å². The quantitative estimate of drug-likeness (QED) is 0.822. The van der Waals surface area contributed by atoms with Gasteiger partial charge in [-0.2, -0.15) is 0 Å². The van der Waals surface area contributed by atoms with Crippen molar-refractivity contribution in [3.8, 4) is 0 Å². The molecule has 0 spiro atoms. The molecule has 0 bridgehead atoms. The minimum absolute atomic E-state index is 0.0737. The molecular weight excluding hydrogens is 264 g/mol. The van der Waals surface area contributed by atoms with Gasteiger partial charge in [-0.25, -0.2) is 4.98 Å². The minimum Gasteiger partial charge on any atom is -0.360 e. The number of carbonyl (C=O) groups excluding carboxylic acids is 1. The van der Waals surface area contributed by atoms with Crippen molar-refractivity contribution in [1.29, 1.82) is 0 Å². The summed E-state index contributed by atoms with van der Waals surface area (Å²) < 4.78 is 6.92. The van der Waals surface area contributed by atoms with Crippen LogP contribution in [0.25, 0.3) is 0 Å². The monoisotopic (exact) mass is 280 g/mol. The third kappa shape index (κ3) is 3.85. The van der Waals surface area contributed by atoms with E-state index in [0.29, 0.717) is 23.8 Å². The Morgan fingerprint density at radius 1 is 1.58 bits per heavy atom. The fraction of sp³-hybridized carbons (Fsp3) is 0.417. The van der Waals surface area contributed by atoms with Gasteiger partial charge >= 0.3 is 0 Å². The van der Waals surface area contributed by atoms with Crippen LogP contribution in [-0.4, -0.2) is 26.4 Å². The van der Waals surface area contributed by atoms with Gasteiger partial charge in [-0.1, -0.05) is 16.9 Å². The lowest BCUT2D eigenvalue weighted by Gasteiger charge is -2.04. The van der Waals surface area contributed by atoms with Crippen molar-refractivity contribution >= 4 is 23.5 Å². The zero-order valence-electron chi connectivity index (χ0n) is 10.9. The molecule has 2 aromatic rings. The van der Waals surface area contributed by atoms with E-state index >= 15 is 0 Å². The van der Waals surface area contributed by atoms with Crippen LogP contribution in [0.4, 0.5) is 5.82 Å². The molecule has 2 aromatic heterocycles. The Balaban J connectivity index is 1.75. The fourth-order valence-electron chi connectivity index (χ4n) is 1.54. The SMILES string of the molecule is CCn1ccnc1SCCC(=O)Nc1cc(C)on1. The number of aromatic nitrogens is 3. The molecule has 2 heterocycles. The highest BCUT2D eigenvalue weighted by molar-refractivity contribution is 7.99. The molecule has 19 heavy (non-hydrogen) atoms. The molecule has 0 aliphatic rings. The van der Waals surface area contributed by atoms with Crippen LogP contribution in [0.3, 0.4) is 0 Å². The number of nitrogens with one attached hydrogen (secondary N) is 1. The third-order valence-electron chi connectivity index (χ3n) is 2.47. The Morgan fingerprint density at radius 3 is 3.11 bits per heavy atom. The van der Waals surface area contributed by atoms with Crippen molar-refractivity contribution < 1.29 is 9.32 Å². The van der Waals surface area contributed by atoms with E-state index in [1.54, 1.807) is 30.9 Å². The van der Waals surface area contributed by atoms with Crippen molar-refractivity contribution in [2.24, 2.45) is 0 Å². The van der Waals surface area contributed by atoms with Crippen LogP contribution in [0.1, 0.15) is 19.1 Å². The molecule has 0 radical (unpaired) electrons. The largest absolute Gasteiger partial charge is 0.360 e. The van der Waals surface area contributed by atoms with Gasteiger partial charge < -0.3 is 14.4 Å². The molecule has 0 atom stereocenters. The van der Waals surface area contributed by atoms with Crippen LogP contribution >= 0.6 is 11.8 Å². The fourth-order valence-corrected chi connectivity index (χ4v) is 2.50. The van der Waals surface area contributed by atoms with Gasteiger partial charge in [0.15, 0.2) is 11.0 Å². The average Bonchev–Trinajstić information content (AvgIpc) is 2.98. The third-order valence-corrected chi connectivity index (χ3v) is 3.48. The highest BCUT2D eigenvalue weighted by Crippen LogP contribution is 2.17. The van der Waals surface area contributed by atoms with E-state index in [0.717, 1.165) is 11.7 Å². The predicted octanol–water partition coefficient (Wildman–Crippen LogP) is 2.32. The summed E-state index contributed by atoms with van der Waals surface area (Å²) in [5.41, 5.74) is 0. The number of hydrogen-bond acceptors (Lipinski definition) is 5. The van der Waals surface area contributed by atoms with Crippen LogP contribution in [0.5, 0.6) is 0 Å². The second kappa shape index (κ2) is 6.42. The van der Waals surface area contributed by atoms with Gasteiger partial charge in [-0.15, -0.1) is 0 Å². The second-order valence-corrected chi connectivity index (χ2v) is 5.03. The van der Waals surface area contributed by atoms with Gasteiger partial charge in [0.2, 0.25) is 5.91 Å². The lowest BCUT2D eigenvalue weighted by atomic mass is 10.4. The molecule has 2 rings (SSSR count). The summed E-state index contributed by atoms with van der Waals surface area (Å²) in [6.07, 6.45) is 4.11. The standard InChI is InChI=1S/C12H16N4O2S/c1-3-16-6-5-13-12(16)19-7-4-11(17)14-10-8-9(2)18-15-10/h5-6,8H,3-4,7H2,1-2H3,(H,14,15,17). The molecule has 0 fully saturated rings. The smallest absolute Gasteiger partial charge is 0.226 e. The number of amides is 1. The van der Waals surface area contributed by atoms with Gasteiger partial charge in [0.05, 0.1) is 0 Å². The molecule has 1 amide bonds. The first-order valence-corrected chi connectivity index (χ1v) is 7.04. The van der Waals surface area contributed by atoms with Crippen molar-refractivity contribution in [2.45, 2.75) is 32.0 Å². The molecule has 0 aliphatic carbocycles. The lowest BCUT2D eigenvalue weighted by Crippen LogP contribution is -2.12. The zero-order chi connectivity index (χ0) is 13.7. The molecule has 1 N–H and O–H groups in total. The number of nitrogens with zero attached hydrogens (tertiary/aromatic N) is 3. The van der Waals surface area contributed by atoms with E-state index in [1.807, 2.05) is 10.8 Å². The molecule has 0 saturated carbocycles. The van der Waals surface area contributed by atoms with Crippen molar-refractivity contribution in [1.82, 2.24) is 14.7 Å². The first-order chi connectivity index (χ1) is 9.19. The van der Waals surface area contributed by atoms with Gasteiger partial charge in [-0.3, -0.25) is 4.79 Å². The summed E-state index contributed by atoms with van der Waals surface area (Å²) in [7, 11) is 0. The van der Waals surface area contributed by atoms with Crippen molar-refractivity contribution in [3.63, 3.8) is 0 Å². The lowest BCUT2D eigenvalue weighted by molar-refractivity contribution is -0.115. The normalized spacial score (nSPS) is 10.6. The second-order valence-electron chi connectivity index (χ2n) is 3.97. The summed E-state index contributed by atoms with van der Waals surface area (Å²) in [6.45, 7) is 4.72. The number of aryl methyl sites for hydroxylation is 2. The van der Waals surface area contributed by atoms with E-state index in [2.05, 4.69) is 22.4 Å². The highest BCUT2D eigenvalue weighted by atomic mass is 32.2. The number of carbonyl (C=O) groups is 1. The summed E-state index contributed by atoms with van der Waals surface area (Å²) >= 11 is 1.57. The first kappa shape index (κ1) is 13.7. The molecule has 6 nitrogen and oxygen atoms in total. The van der Waals surface area contributed by atoms with E-state index in [1.165, 1.54) is 0 Å². The van der Waals surface area contributed by atoms with E-state index in [4.69, 9.17) is 4.52 Å².